The van der Waals surface area contributed by atoms with Gasteiger partial charge < -0.3 is 14.4 Å². The van der Waals surface area contributed by atoms with Crippen molar-refractivity contribution in [2.45, 2.75) is 6.92 Å². The van der Waals surface area contributed by atoms with Crippen LogP contribution < -0.4 is 4.74 Å². The first-order valence-electron chi connectivity index (χ1n) is 5.18. The van der Waals surface area contributed by atoms with E-state index in [0.717, 1.165) is 0 Å². The number of carbonyl (C=O) groups is 1. The van der Waals surface area contributed by atoms with Crippen molar-refractivity contribution in [1.29, 1.82) is 0 Å². The number of nitrogens with zero attached hydrogens (tertiary/aromatic N) is 1. The molecular formula is C12H9BrFNO4. The second-order valence-corrected chi connectivity index (χ2v) is 4.61. The van der Waals surface area contributed by atoms with Crippen LogP contribution in [-0.4, -0.2) is 23.3 Å². The normalized spacial score (nSPS) is 10.5. The predicted octanol–water partition coefficient (Wildman–Crippen LogP) is 3.26. The van der Waals surface area contributed by atoms with Gasteiger partial charge in [-0.25, -0.2) is 9.18 Å². The van der Waals surface area contributed by atoms with Gasteiger partial charge >= 0.3 is 5.97 Å². The molecule has 1 aromatic carbocycles. The molecule has 7 heteroatoms. The molecule has 2 aromatic rings. The molecule has 0 amide bonds. The zero-order chi connectivity index (χ0) is 14.2. The summed E-state index contributed by atoms with van der Waals surface area (Å²) in [5.41, 5.74) is 0.489. The average molecular weight is 330 g/mol. The highest BCUT2D eigenvalue weighted by molar-refractivity contribution is 9.10. The molecule has 1 N–H and O–H groups in total. The zero-order valence-electron chi connectivity index (χ0n) is 10.0. The predicted molar refractivity (Wildman–Crippen MR) is 67.8 cm³/mol. The number of hydrogen-bond acceptors (Lipinski definition) is 4. The fourth-order valence-electron chi connectivity index (χ4n) is 1.69. The van der Waals surface area contributed by atoms with Crippen LogP contribution in [0.4, 0.5) is 4.39 Å². The van der Waals surface area contributed by atoms with Gasteiger partial charge in [0.15, 0.2) is 11.5 Å². The number of ether oxygens (including phenoxy) is 1. The number of carboxylic acid groups (broad SMARTS) is 1. The number of halogens is 2. The van der Waals surface area contributed by atoms with Crippen molar-refractivity contribution < 1.29 is 23.6 Å². The molecule has 2 rings (SSSR count). The van der Waals surface area contributed by atoms with E-state index in [9.17, 15) is 9.18 Å². The van der Waals surface area contributed by atoms with Gasteiger partial charge in [0.1, 0.15) is 11.6 Å². The molecule has 0 saturated carbocycles. The standard InChI is InChI=1S/C12H9BrFNO4/c1-5-10(14)7(13)3-6(11(5)18-2)9-4-8(12(16)17)15-19-9/h3-4H,1-2H3,(H,16,17). The topological polar surface area (TPSA) is 72.6 Å². The summed E-state index contributed by atoms with van der Waals surface area (Å²) in [5, 5.41) is 12.2. The third-order valence-electron chi connectivity index (χ3n) is 2.59. The highest BCUT2D eigenvalue weighted by Crippen LogP contribution is 2.38. The molecule has 0 atom stereocenters. The number of carboxylic acids is 1. The summed E-state index contributed by atoms with van der Waals surface area (Å²) in [6.45, 7) is 1.55. The molecule has 0 aliphatic heterocycles. The largest absolute Gasteiger partial charge is 0.496 e. The Morgan fingerprint density at radius 1 is 1.53 bits per heavy atom. The van der Waals surface area contributed by atoms with E-state index in [1.807, 2.05) is 0 Å². The number of hydrogen-bond donors (Lipinski definition) is 1. The zero-order valence-corrected chi connectivity index (χ0v) is 11.6. The van der Waals surface area contributed by atoms with Crippen LogP contribution in [0.5, 0.6) is 5.75 Å². The molecule has 0 fully saturated rings. The first-order valence-corrected chi connectivity index (χ1v) is 5.98. The lowest BCUT2D eigenvalue weighted by atomic mass is 10.1. The van der Waals surface area contributed by atoms with Crippen LogP contribution in [0.25, 0.3) is 11.3 Å². The fraction of sp³-hybridized carbons (Fsp3) is 0.167. The van der Waals surface area contributed by atoms with Gasteiger partial charge in [-0.1, -0.05) is 5.16 Å². The highest BCUT2D eigenvalue weighted by atomic mass is 79.9. The molecule has 0 aliphatic rings. The fourth-order valence-corrected chi connectivity index (χ4v) is 2.21. The molecule has 5 nitrogen and oxygen atoms in total. The third-order valence-corrected chi connectivity index (χ3v) is 3.17. The van der Waals surface area contributed by atoms with Crippen molar-refractivity contribution in [2.24, 2.45) is 0 Å². The first-order chi connectivity index (χ1) is 8.95. The Labute approximate surface area is 116 Å². The molecule has 0 saturated heterocycles. The highest BCUT2D eigenvalue weighted by Gasteiger charge is 2.20. The lowest BCUT2D eigenvalue weighted by Crippen LogP contribution is -1.96. The molecule has 0 unspecified atom stereocenters. The SMILES string of the molecule is COc1c(-c2cc(C(=O)O)no2)cc(Br)c(F)c1C. The quantitative estimate of drug-likeness (QED) is 0.935. The first kappa shape index (κ1) is 13.5. The minimum absolute atomic E-state index is 0.193. The van der Waals surface area contributed by atoms with Gasteiger partial charge in [-0.2, -0.15) is 0 Å². The monoisotopic (exact) mass is 329 g/mol. The van der Waals surface area contributed by atoms with E-state index in [1.165, 1.54) is 19.2 Å². The maximum absolute atomic E-state index is 13.7. The van der Waals surface area contributed by atoms with E-state index >= 15 is 0 Å². The average Bonchev–Trinajstić information content (AvgIpc) is 2.85. The number of benzene rings is 1. The summed E-state index contributed by atoms with van der Waals surface area (Å²) in [7, 11) is 1.40. The lowest BCUT2D eigenvalue weighted by molar-refractivity contribution is 0.0686. The molecule has 1 aromatic heterocycles. The maximum atomic E-state index is 13.7. The van der Waals surface area contributed by atoms with E-state index in [2.05, 4.69) is 21.1 Å². The number of aromatic nitrogens is 1. The summed E-state index contributed by atoms with van der Waals surface area (Å²) in [5.74, 6) is -1.18. The second kappa shape index (κ2) is 5.00. The minimum atomic E-state index is -1.20. The van der Waals surface area contributed by atoms with Crippen LogP contribution in [0.1, 0.15) is 16.1 Å². The van der Waals surface area contributed by atoms with Crippen molar-refractivity contribution in [1.82, 2.24) is 5.16 Å². The van der Waals surface area contributed by atoms with Crippen molar-refractivity contribution in [3.8, 4) is 17.1 Å². The summed E-state index contributed by atoms with van der Waals surface area (Å²) in [6, 6.07) is 2.71. The van der Waals surface area contributed by atoms with Crippen molar-refractivity contribution in [2.75, 3.05) is 7.11 Å². The molecule has 1 heterocycles. The Kier molecular flexibility index (Phi) is 3.57. The Bertz CT molecular complexity index is 653. The summed E-state index contributed by atoms with van der Waals surface area (Å²) < 4.78 is 24.1. The van der Waals surface area contributed by atoms with Gasteiger partial charge in [-0.05, 0) is 28.9 Å². The Morgan fingerprint density at radius 2 is 2.21 bits per heavy atom. The van der Waals surface area contributed by atoms with Gasteiger partial charge in [0.25, 0.3) is 0 Å². The van der Waals surface area contributed by atoms with Crippen molar-refractivity contribution >= 4 is 21.9 Å². The summed E-state index contributed by atoms with van der Waals surface area (Å²) in [6.07, 6.45) is 0. The van der Waals surface area contributed by atoms with Crippen molar-refractivity contribution in [3.63, 3.8) is 0 Å². The van der Waals surface area contributed by atoms with E-state index in [0.29, 0.717) is 11.1 Å². The van der Waals surface area contributed by atoms with Crippen LogP contribution in [0, 0.1) is 12.7 Å². The molecule has 100 valence electrons. The molecule has 0 spiro atoms. The van der Waals surface area contributed by atoms with Gasteiger partial charge in [0.05, 0.1) is 17.1 Å². The molecule has 0 radical (unpaired) electrons. The molecule has 0 bridgehead atoms. The van der Waals surface area contributed by atoms with Crippen LogP contribution in [0.3, 0.4) is 0 Å². The van der Waals surface area contributed by atoms with Crippen molar-refractivity contribution in [3.05, 3.63) is 33.7 Å². The molecular weight excluding hydrogens is 321 g/mol. The number of methoxy groups -OCH3 is 1. The van der Waals surface area contributed by atoms with Crippen LogP contribution in [0.2, 0.25) is 0 Å². The van der Waals surface area contributed by atoms with Crippen LogP contribution in [0.15, 0.2) is 21.1 Å². The van der Waals surface area contributed by atoms with Gasteiger partial charge in [0.2, 0.25) is 0 Å². The molecule has 0 aliphatic carbocycles. The minimum Gasteiger partial charge on any atom is -0.496 e. The smallest absolute Gasteiger partial charge is 0.358 e. The number of aromatic carboxylic acids is 1. The summed E-state index contributed by atoms with van der Waals surface area (Å²) >= 11 is 3.08. The Hall–Kier alpha value is -1.89. The summed E-state index contributed by atoms with van der Waals surface area (Å²) in [4.78, 5) is 10.8. The maximum Gasteiger partial charge on any atom is 0.358 e. The van der Waals surface area contributed by atoms with Gasteiger partial charge in [-0.3, -0.25) is 0 Å². The van der Waals surface area contributed by atoms with E-state index in [1.54, 1.807) is 6.92 Å². The molecule has 19 heavy (non-hydrogen) atoms. The van der Waals surface area contributed by atoms with Crippen LogP contribution in [-0.2, 0) is 0 Å². The van der Waals surface area contributed by atoms with Gasteiger partial charge in [0, 0.05) is 11.6 Å². The van der Waals surface area contributed by atoms with E-state index in [-0.39, 0.29) is 21.7 Å². The Morgan fingerprint density at radius 3 is 2.74 bits per heavy atom. The third kappa shape index (κ3) is 2.33. The number of rotatable bonds is 3. The Balaban J connectivity index is 2.63. The lowest BCUT2D eigenvalue weighted by Gasteiger charge is -2.11. The van der Waals surface area contributed by atoms with E-state index in [4.69, 9.17) is 14.4 Å². The van der Waals surface area contributed by atoms with Crippen LogP contribution >= 0.6 is 15.9 Å². The van der Waals surface area contributed by atoms with Gasteiger partial charge in [-0.15, -0.1) is 0 Å². The van der Waals surface area contributed by atoms with E-state index < -0.39 is 11.8 Å². The second-order valence-electron chi connectivity index (χ2n) is 3.76.